The van der Waals surface area contributed by atoms with Crippen LogP contribution in [0, 0.1) is 5.92 Å². The largest absolute Gasteiger partial charge is 0.409 e. The van der Waals surface area contributed by atoms with Crippen molar-refractivity contribution in [2.45, 2.75) is 51.5 Å². The smallest absolute Gasteiger partial charge is 0.214 e. The third kappa shape index (κ3) is 4.99. The van der Waals surface area contributed by atoms with Crippen molar-refractivity contribution in [2.24, 2.45) is 16.8 Å². The van der Waals surface area contributed by atoms with Gasteiger partial charge in [-0.05, 0) is 25.7 Å². The highest BCUT2D eigenvalue weighted by molar-refractivity contribution is 7.89. The molecule has 0 aliphatic heterocycles. The zero-order valence-corrected chi connectivity index (χ0v) is 12.6. The van der Waals surface area contributed by atoms with Crippen molar-refractivity contribution in [1.29, 1.82) is 0 Å². The van der Waals surface area contributed by atoms with Crippen LogP contribution in [0.25, 0.3) is 0 Å². The van der Waals surface area contributed by atoms with E-state index >= 15 is 0 Å². The SMILES string of the molecule is CC(C/C(N)=N/O)N(C)S(=O)(=O)CC1CCCCC1. The highest BCUT2D eigenvalue weighted by Gasteiger charge is 2.28. The number of nitrogens with zero attached hydrogens (tertiary/aromatic N) is 2. The molecular weight excluding hydrogens is 266 g/mol. The summed E-state index contributed by atoms with van der Waals surface area (Å²) in [6.07, 6.45) is 5.71. The predicted molar refractivity (Wildman–Crippen MR) is 75.6 cm³/mol. The Labute approximate surface area is 115 Å². The molecule has 0 heterocycles. The van der Waals surface area contributed by atoms with Gasteiger partial charge in [0.15, 0.2) is 0 Å². The first-order valence-electron chi connectivity index (χ1n) is 6.79. The first-order chi connectivity index (χ1) is 8.86. The van der Waals surface area contributed by atoms with Crippen molar-refractivity contribution in [3.05, 3.63) is 0 Å². The number of amidine groups is 1. The fourth-order valence-corrected chi connectivity index (χ4v) is 4.30. The molecule has 0 saturated heterocycles. The van der Waals surface area contributed by atoms with Gasteiger partial charge in [-0.3, -0.25) is 0 Å². The van der Waals surface area contributed by atoms with E-state index in [0.29, 0.717) is 0 Å². The zero-order chi connectivity index (χ0) is 14.5. The Morgan fingerprint density at radius 1 is 1.42 bits per heavy atom. The second-order valence-electron chi connectivity index (χ2n) is 5.44. The molecule has 19 heavy (non-hydrogen) atoms. The number of oxime groups is 1. The minimum Gasteiger partial charge on any atom is -0.409 e. The quantitative estimate of drug-likeness (QED) is 0.334. The average molecular weight is 291 g/mol. The van der Waals surface area contributed by atoms with Crippen LogP contribution in [0.1, 0.15) is 45.4 Å². The van der Waals surface area contributed by atoms with Crippen molar-refractivity contribution in [3.8, 4) is 0 Å². The van der Waals surface area contributed by atoms with Crippen LogP contribution in [0.3, 0.4) is 0 Å². The second-order valence-corrected chi connectivity index (χ2v) is 7.52. The molecule has 0 aromatic carbocycles. The molecule has 1 rings (SSSR count). The summed E-state index contributed by atoms with van der Waals surface area (Å²) >= 11 is 0. The van der Waals surface area contributed by atoms with Gasteiger partial charge in [0.2, 0.25) is 10.0 Å². The van der Waals surface area contributed by atoms with Gasteiger partial charge in [-0.25, -0.2) is 12.7 Å². The minimum absolute atomic E-state index is 0.0483. The van der Waals surface area contributed by atoms with Gasteiger partial charge in [-0.1, -0.05) is 24.4 Å². The molecule has 1 fully saturated rings. The lowest BCUT2D eigenvalue weighted by Gasteiger charge is -2.28. The minimum atomic E-state index is -3.27. The summed E-state index contributed by atoms with van der Waals surface area (Å²) in [5, 5.41) is 11.4. The lowest BCUT2D eigenvalue weighted by molar-refractivity contribution is 0.312. The van der Waals surface area contributed by atoms with E-state index in [0.717, 1.165) is 25.7 Å². The Balaban J connectivity index is 2.59. The summed E-state index contributed by atoms with van der Waals surface area (Å²) in [7, 11) is -1.71. The van der Waals surface area contributed by atoms with E-state index in [-0.39, 0.29) is 30.0 Å². The van der Waals surface area contributed by atoms with Crippen LogP contribution in [0.4, 0.5) is 0 Å². The molecule has 3 N–H and O–H groups in total. The first kappa shape index (κ1) is 16.2. The molecule has 1 aliphatic carbocycles. The first-order valence-corrected chi connectivity index (χ1v) is 8.40. The molecule has 0 amide bonds. The Bertz CT molecular complexity index is 402. The van der Waals surface area contributed by atoms with Crippen LogP contribution in [-0.4, -0.2) is 42.6 Å². The van der Waals surface area contributed by atoms with Crippen LogP contribution in [-0.2, 0) is 10.0 Å². The molecule has 7 heteroatoms. The van der Waals surface area contributed by atoms with Crippen LogP contribution in [0.5, 0.6) is 0 Å². The number of sulfonamides is 1. The highest BCUT2D eigenvalue weighted by atomic mass is 32.2. The lowest BCUT2D eigenvalue weighted by Crippen LogP contribution is -2.40. The molecule has 1 unspecified atom stereocenters. The molecule has 6 nitrogen and oxygen atoms in total. The summed E-state index contributed by atoms with van der Waals surface area (Å²) in [6.45, 7) is 1.76. The highest BCUT2D eigenvalue weighted by Crippen LogP contribution is 2.26. The summed E-state index contributed by atoms with van der Waals surface area (Å²) in [5.74, 6) is 0.536. The third-order valence-corrected chi connectivity index (χ3v) is 5.99. The van der Waals surface area contributed by atoms with Crippen molar-refractivity contribution in [3.63, 3.8) is 0 Å². The van der Waals surface area contributed by atoms with E-state index in [1.807, 2.05) is 0 Å². The molecule has 0 aromatic heterocycles. The van der Waals surface area contributed by atoms with E-state index in [1.54, 1.807) is 14.0 Å². The Morgan fingerprint density at radius 2 is 2.00 bits per heavy atom. The molecule has 112 valence electrons. The number of hydrogen-bond donors (Lipinski definition) is 2. The third-order valence-electron chi connectivity index (χ3n) is 3.86. The summed E-state index contributed by atoms with van der Waals surface area (Å²) in [5.41, 5.74) is 5.42. The van der Waals surface area contributed by atoms with Gasteiger partial charge in [0.1, 0.15) is 5.84 Å². The van der Waals surface area contributed by atoms with Crippen molar-refractivity contribution < 1.29 is 13.6 Å². The second kappa shape index (κ2) is 7.09. The maximum Gasteiger partial charge on any atom is 0.214 e. The topological polar surface area (TPSA) is 96.0 Å². The zero-order valence-electron chi connectivity index (χ0n) is 11.7. The van der Waals surface area contributed by atoms with Gasteiger partial charge in [-0.2, -0.15) is 0 Å². The molecule has 1 saturated carbocycles. The van der Waals surface area contributed by atoms with E-state index in [1.165, 1.54) is 10.7 Å². The van der Waals surface area contributed by atoms with Crippen molar-refractivity contribution >= 4 is 15.9 Å². The van der Waals surface area contributed by atoms with Gasteiger partial charge >= 0.3 is 0 Å². The van der Waals surface area contributed by atoms with Gasteiger partial charge in [-0.15, -0.1) is 0 Å². The van der Waals surface area contributed by atoms with Crippen molar-refractivity contribution in [1.82, 2.24) is 4.31 Å². The van der Waals surface area contributed by atoms with Crippen LogP contribution >= 0.6 is 0 Å². The predicted octanol–water partition coefficient (Wildman–Crippen LogP) is 1.35. The molecule has 0 spiro atoms. The number of hydrogen-bond acceptors (Lipinski definition) is 4. The van der Waals surface area contributed by atoms with Crippen molar-refractivity contribution in [2.75, 3.05) is 12.8 Å². The van der Waals surface area contributed by atoms with Gasteiger partial charge in [0.05, 0.1) is 5.75 Å². The van der Waals surface area contributed by atoms with E-state index in [4.69, 9.17) is 10.9 Å². The molecule has 1 aliphatic rings. The van der Waals surface area contributed by atoms with Gasteiger partial charge < -0.3 is 10.9 Å². The summed E-state index contributed by atoms with van der Waals surface area (Å²) in [6, 6.07) is -0.301. The fourth-order valence-electron chi connectivity index (χ4n) is 2.52. The molecule has 0 radical (unpaired) electrons. The van der Waals surface area contributed by atoms with Crippen LogP contribution < -0.4 is 5.73 Å². The molecule has 0 bridgehead atoms. The van der Waals surface area contributed by atoms with E-state index in [2.05, 4.69) is 5.16 Å². The fraction of sp³-hybridized carbons (Fsp3) is 0.917. The Hall–Kier alpha value is -0.820. The maximum atomic E-state index is 12.3. The average Bonchev–Trinajstić information content (AvgIpc) is 2.38. The van der Waals surface area contributed by atoms with Gasteiger partial charge in [0.25, 0.3) is 0 Å². The molecule has 0 aromatic rings. The molecule has 1 atom stereocenters. The Kier molecular flexibility index (Phi) is 6.06. The lowest BCUT2D eigenvalue weighted by atomic mass is 9.91. The van der Waals surface area contributed by atoms with E-state index in [9.17, 15) is 8.42 Å². The van der Waals surface area contributed by atoms with Crippen LogP contribution in [0.15, 0.2) is 5.16 Å². The summed E-state index contributed by atoms with van der Waals surface area (Å²) in [4.78, 5) is 0. The monoisotopic (exact) mass is 291 g/mol. The van der Waals surface area contributed by atoms with Crippen LogP contribution in [0.2, 0.25) is 0 Å². The maximum absolute atomic E-state index is 12.3. The summed E-state index contributed by atoms with van der Waals surface area (Å²) < 4.78 is 25.9. The Morgan fingerprint density at radius 3 is 2.53 bits per heavy atom. The normalized spacial score (nSPS) is 20.7. The number of nitrogens with two attached hydrogens (primary N) is 1. The van der Waals surface area contributed by atoms with E-state index < -0.39 is 10.0 Å². The molecular formula is C12H25N3O3S. The standard InChI is InChI=1S/C12H25N3O3S/c1-10(8-12(13)14-16)15(2)19(17,18)9-11-6-4-3-5-7-11/h10-11,16H,3-9H2,1-2H3,(H2,13,14). The van der Waals surface area contributed by atoms with Gasteiger partial charge in [0, 0.05) is 19.5 Å². The number of rotatable bonds is 6.